The zero-order valence-corrected chi connectivity index (χ0v) is 14.6. The van der Waals surface area contributed by atoms with Crippen LogP contribution < -0.4 is 0 Å². The topological polar surface area (TPSA) is 60.1 Å². The van der Waals surface area contributed by atoms with Gasteiger partial charge >= 0.3 is 0 Å². The molecule has 0 aliphatic carbocycles. The minimum Gasteiger partial charge on any atom is -0.361 e. The van der Waals surface area contributed by atoms with Gasteiger partial charge in [-0.3, -0.25) is 0 Å². The summed E-state index contributed by atoms with van der Waals surface area (Å²) in [5, 5.41) is 18.2. The summed E-state index contributed by atoms with van der Waals surface area (Å²) in [7, 11) is 4.13. The number of hydrogen-bond acceptors (Lipinski definition) is 4. The van der Waals surface area contributed by atoms with Crippen LogP contribution in [0.1, 0.15) is 40.7 Å². The molecule has 0 radical (unpaired) electrons. The summed E-state index contributed by atoms with van der Waals surface area (Å²) in [6.07, 6.45) is 1.85. The van der Waals surface area contributed by atoms with E-state index in [9.17, 15) is 0 Å². The van der Waals surface area contributed by atoms with Crippen LogP contribution in [0.2, 0.25) is 0 Å². The maximum atomic E-state index is 9.15. The minimum absolute atomic E-state index is 0.507. The number of nitriles is 2. The van der Waals surface area contributed by atoms with Crippen LogP contribution in [0.15, 0.2) is 42.5 Å². The predicted molar refractivity (Wildman–Crippen MR) is 95.7 cm³/mol. The van der Waals surface area contributed by atoms with Crippen molar-refractivity contribution in [2.45, 2.75) is 25.0 Å². The van der Waals surface area contributed by atoms with E-state index in [4.69, 9.17) is 15.3 Å². The Morgan fingerprint density at radius 3 is 2.36 bits per heavy atom. The summed E-state index contributed by atoms with van der Waals surface area (Å²) in [5.41, 5.74) is 4.07. The molecule has 4 nitrogen and oxygen atoms in total. The third-order valence-corrected chi connectivity index (χ3v) is 4.76. The Bertz CT molecular complexity index is 843. The minimum atomic E-state index is -0.507. The second-order valence-electron chi connectivity index (χ2n) is 6.70. The molecule has 1 aliphatic rings. The van der Waals surface area contributed by atoms with Crippen LogP contribution >= 0.6 is 0 Å². The number of rotatable bonds is 5. The molecule has 25 heavy (non-hydrogen) atoms. The molecule has 0 fully saturated rings. The van der Waals surface area contributed by atoms with Gasteiger partial charge in [-0.1, -0.05) is 18.2 Å². The standard InChI is InChI=1S/C21H21N3O/c1-24(2)11-3-10-21(19-7-4-16(13-22)5-8-19)20-9-6-17(14-23)12-18(20)15-25-21/h4-9,12H,3,10-11,15H2,1-2H3. The van der Waals surface area contributed by atoms with Gasteiger partial charge < -0.3 is 9.64 Å². The van der Waals surface area contributed by atoms with Gasteiger partial charge in [-0.2, -0.15) is 10.5 Å². The van der Waals surface area contributed by atoms with Crippen LogP contribution in [-0.2, 0) is 16.9 Å². The van der Waals surface area contributed by atoms with Gasteiger partial charge in [-0.25, -0.2) is 0 Å². The number of nitrogens with zero attached hydrogens (tertiary/aromatic N) is 3. The average molecular weight is 331 g/mol. The lowest BCUT2D eigenvalue weighted by molar-refractivity contribution is -0.0139. The van der Waals surface area contributed by atoms with Gasteiger partial charge in [0.25, 0.3) is 0 Å². The maximum Gasteiger partial charge on any atom is 0.119 e. The molecule has 2 aromatic carbocycles. The number of hydrogen-bond donors (Lipinski definition) is 0. The highest BCUT2D eigenvalue weighted by atomic mass is 16.5. The van der Waals surface area contributed by atoms with Crippen molar-refractivity contribution < 1.29 is 4.74 Å². The Morgan fingerprint density at radius 2 is 1.72 bits per heavy atom. The second-order valence-corrected chi connectivity index (χ2v) is 6.70. The summed E-state index contributed by atoms with van der Waals surface area (Å²) in [6, 6.07) is 17.8. The lowest BCUT2D eigenvalue weighted by Gasteiger charge is -2.31. The first-order chi connectivity index (χ1) is 12.1. The molecular formula is C21H21N3O. The van der Waals surface area contributed by atoms with Crippen molar-refractivity contribution in [2.24, 2.45) is 0 Å². The van der Waals surface area contributed by atoms with Crippen molar-refractivity contribution in [1.82, 2.24) is 4.90 Å². The van der Waals surface area contributed by atoms with E-state index in [1.807, 2.05) is 42.5 Å². The second kappa shape index (κ2) is 7.07. The number of fused-ring (bicyclic) bond motifs is 1. The van der Waals surface area contributed by atoms with Crippen LogP contribution in [0, 0.1) is 22.7 Å². The Hall–Kier alpha value is -2.66. The van der Waals surface area contributed by atoms with Crippen LogP contribution in [0.4, 0.5) is 0 Å². The molecular weight excluding hydrogens is 310 g/mol. The highest BCUT2D eigenvalue weighted by Gasteiger charge is 2.41. The van der Waals surface area contributed by atoms with Crippen LogP contribution in [-0.4, -0.2) is 25.5 Å². The fourth-order valence-electron chi connectivity index (χ4n) is 3.50. The van der Waals surface area contributed by atoms with Gasteiger partial charge in [0.2, 0.25) is 0 Å². The molecule has 1 unspecified atom stereocenters. The lowest BCUT2D eigenvalue weighted by atomic mass is 9.81. The quantitative estimate of drug-likeness (QED) is 0.841. The highest BCUT2D eigenvalue weighted by Crippen LogP contribution is 2.45. The zero-order valence-electron chi connectivity index (χ0n) is 14.6. The Labute approximate surface area is 148 Å². The van der Waals surface area contributed by atoms with Crippen LogP contribution in [0.3, 0.4) is 0 Å². The monoisotopic (exact) mass is 331 g/mol. The Balaban J connectivity index is 2.03. The van der Waals surface area contributed by atoms with Crippen LogP contribution in [0.25, 0.3) is 0 Å². The molecule has 0 spiro atoms. The smallest absolute Gasteiger partial charge is 0.119 e. The molecule has 0 saturated heterocycles. The molecule has 1 heterocycles. The van der Waals surface area contributed by atoms with Gasteiger partial charge in [0, 0.05) is 0 Å². The van der Waals surface area contributed by atoms with E-state index in [-0.39, 0.29) is 0 Å². The summed E-state index contributed by atoms with van der Waals surface area (Å²) in [6.45, 7) is 1.49. The predicted octanol–water partition coefficient (Wildman–Crippen LogP) is 3.55. The van der Waals surface area contributed by atoms with Gasteiger partial charge in [-0.05, 0) is 74.4 Å². The van der Waals surface area contributed by atoms with Gasteiger partial charge in [-0.15, -0.1) is 0 Å². The highest BCUT2D eigenvalue weighted by molar-refractivity contribution is 5.48. The van der Waals surface area contributed by atoms with Gasteiger partial charge in [0.15, 0.2) is 0 Å². The van der Waals surface area contributed by atoms with Crippen molar-refractivity contribution in [2.75, 3.05) is 20.6 Å². The molecule has 4 heteroatoms. The number of ether oxygens (including phenoxy) is 1. The molecule has 0 bridgehead atoms. The third kappa shape index (κ3) is 3.28. The number of benzene rings is 2. The molecule has 0 N–H and O–H groups in total. The molecule has 0 aromatic heterocycles. The fourth-order valence-corrected chi connectivity index (χ4v) is 3.50. The van der Waals surface area contributed by atoms with Crippen molar-refractivity contribution in [3.63, 3.8) is 0 Å². The first kappa shape index (κ1) is 17.2. The van der Waals surface area contributed by atoms with E-state index >= 15 is 0 Å². The first-order valence-electron chi connectivity index (χ1n) is 8.42. The zero-order chi connectivity index (χ0) is 17.9. The maximum absolute atomic E-state index is 9.15. The van der Waals surface area contributed by atoms with Gasteiger partial charge in [0.05, 0.1) is 29.9 Å². The van der Waals surface area contributed by atoms with Crippen LogP contribution in [0.5, 0.6) is 0 Å². The molecule has 2 aromatic rings. The SMILES string of the molecule is CN(C)CCCC1(c2ccc(C#N)cc2)OCc2cc(C#N)ccc21. The van der Waals surface area contributed by atoms with Crippen molar-refractivity contribution in [1.29, 1.82) is 10.5 Å². The molecule has 126 valence electrons. The van der Waals surface area contributed by atoms with E-state index < -0.39 is 5.60 Å². The summed E-state index contributed by atoms with van der Waals surface area (Å²) in [4.78, 5) is 2.17. The molecule has 1 atom stereocenters. The molecule has 1 aliphatic heterocycles. The van der Waals surface area contributed by atoms with Crippen molar-refractivity contribution >= 4 is 0 Å². The fraction of sp³-hybridized carbons (Fsp3) is 0.333. The van der Waals surface area contributed by atoms with Gasteiger partial charge in [0.1, 0.15) is 5.60 Å². The van der Waals surface area contributed by atoms with E-state index in [2.05, 4.69) is 31.1 Å². The summed E-state index contributed by atoms with van der Waals surface area (Å²) >= 11 is 0. The lowest BCUT2D eigenvalue weighted by Crippen LogP contribution is -2.28. The van der Waals surface area contributed by atoms with Crippen molar-refractivity contribution in [3.05, 3.63) is 70.3 Å². The molecule has 0 amide bonds. The summed E-state index contributed by atoms with van der Waals surface area (Å²) in [5.74, 6) is 0. The normalized spacial score (nSPS) is 18.6. The van der Waals surface area contributed by atoms with E-state index in [0.29, 0.717) is 17.7 Å². The molecule has 3 rings (SSSR count). The largest absolute Gasteiger partial charge is 0.361 e. The van der Waals surface area contributed by atoms with Crippen molar-refractivity contribution in [3.8, 4) is 12.1 Å². The summed E-state index contributed by atoms with van der Waals surface area (Å²) < 4.78 is 6.34. The Morgan fingerprint density at radius 1 is 1.04 bits per heavy atom. The van der Waals surface area contributed by atoms with E-state index in [1.165, 1.54) is 0 Å². The average Bonchev–Trinajstić information content (AvgIpc) is 3.00. The Kier molecular flexibility index (Phi) is 4.86. The van der Waals surface area contributed by atoms with E-state index in [0.717, 1.165) is 36.1 Å². The van der Waals surface area contributed by atoms with E-state index in [1.54, 1.807) is 0 Å². The third-order valence-electron chi connectivity index (χ3n) is 4.76. The molecule has 0 saturated carbocycles. The first-order valence-corrected chi connectivity index (χ1v) is 8.42.